The van der Waals surface area contributed by atoms with E-state index in [0.717, 1.165) is 29.9 Å². The Hall–Kier alpha value is -1.53. The van der Waals surface area contributed by atoms with Gasteiger partial charge in [-0.05, 0) is 69.5 Å². The van der Waals surface area contributed by atoms with Crippen LogP contribution in [-0.4, -0.2) is 19.1 Å². The van der Waals surface area contributed by atoms with Crippen molar-refractivity contribution in [3.63, 3.8) is 0 Å². The van der Waals surface area contributed by atoms with Gasteiger partial charge in [0.2, 0.25) is 0 Å². The summed E-state index contributed by atoms with van der Waals surface area (Å²) in [5.74, 6) is 0.689. The van der Waals surface area contributed by atoms with Crippen LogP contribution in [0.4, 0.5) is 5.69 Å². The van der Waals surface area contributed by atoms with E-state index in [2.05, 4.69) is 30.6 Å². The van der Waals surface area contributed by atoms with E-state index in [-0.39, 0.29) is 0 Å². The number of nitriles is 1. The number of hydrogen-bond donors (Lipinski definition) is 2. The lowest BCUT2D eigenvalue weighted by molar-refractivity contribution is 0.347. The Balaban J connectivity index is 2.02. The van der Waals surface area contributed by atoms with Crippen LogP contribution in [0.5, 0.6) is 0 Å². The van der Waals surface area contributed by atoms with E-state index in [0.29, 0.717) is 12.0 Å². The zero-order valence-corrected chi connectivity index (χ0v) is 11.2. The van der Waals surface area contributed by atoms with Crippen molar-refractivity contribution in [3.8, 4) is 6.07 Å². The van der Waals surface area contributed by atoms with Crippen molar-refractivity contribution in [1.29, 1.82) is 5.26 Å². The van der Waals surface area contributed by atoms with Crippen LogP contribution in [0.25, 0.3) is 0 Å². The molecule has 2 unspecified atom stereocenters. The van der Waals surface area contributed by atoms with Crippen molar-refractivity contribution in [2.75, 3.05) is 18.4 Å². The Morgan fingerprint density at radius 1 is 1.50 bits per heavy atom. The maximum Gasteiger partial charge on any atom is 0.0991 e. The number of nitrogens with one attached hydrogen (secondary N) is 2. The summed E-state index contributed by atoms with van der Waals surface area (Å²) < 4.78 is 0. The summed E-state index contributed by atoms with van der Waals surface area (Å²) in [7, 11) is 0. The first-order chi connectivity index (χ1) is 8.70. The maximum atomic E-state index is 8.86. The van der Waals surface area contributed by atoms with Crippen molar-refractivity contribution in [2.45, 2.75) is 32.7 Å². The van der Waals surface area contributed by atoms with Gasteiger partial charge in [0.25, 0.3) is 0 Å². The summed E-state index contributed by atoms with van der Waals surface area (Å²) in [6.45, 7) is 6.55. The second-order valence-corrected chi connectivity index (χ2v) is 5.18. The fourth-order valence-electron chi connectivity index (χ4n) is 2.56. The molecule has 0 saturated carbocycles. The molecule has 0 spiro atoms. The third-order valence-corrected chi connectivity index (χ3v) is 3.78. The second kappa shape index (κ2) is 5.88. The molecule has 96 valence electrons. The van der Waals surface area contributed by atoms with Crippen LogP contribution < -0.4 is 10.6 Å². The van der Waals surface area contributed by atoms with Gasteiger partial charge < -0.3 is 10.6 Å². The Morgan fingerprint density at radius 3 is 2.94 bits per heavy atom. The maximum absolute atomic E-state index is 8.86. The van der Waals surface area contributed by atoms with Crippen LogP contribution in [0.15, 0.2) is 18.2 Å². The average molecular weight is 243 g/mol. The molecule has 2 rings (SSSR count). The Kier molecular flexibility index (Phi) is 4.22. The van der Waals surface area contributed by atoms with E-state index >= 15 is 0 Å². The smallest absolute Gasteiger partial charge is 0.0991 e. The van der Waals surface area contributed by atoms with Crippen molar-refractivity contribution >= 4 is 5.69 Å². The number of hydrogen-bond acceptors (Lipinski definition) is 3. The highest BCUT2D eigenvalue weighted by atomic mass is 15.0. The molecule has 1 saturated heterocycles. The van der Waals surface area contributed by atoms with Gasteiger partial charge in [0.05, 0.1) is 11.6 Å². The molecule has 1 aromatic rings. The molecule has 1 aliphatic rings. The van der Waals surface area contributed by atoms with Gasteiger partial charge in [-0.15, -0.1) is 0 Å². The number of benzene rings is 1. The molecule has 0 aromatic heterocycles. The first kappa shape index (κ1) is 12.9. The Labute approximate surface area is 109 Å². The van der Waals surface area contributed by atoms with Gasteiger partial charge in [-0.25, -0.2) is 0 Å². The number of nitrogens with zero attached hydrogens (tertiary/aromatic N) is 1. The van der Waals surface area contributed by atoms with Crippen molar-refractivity contribution in [1.82, 2.24) is 5.32 Å². The van der Waals surface area contributed by atoms with Gasteiger partial charge in [0, 0.05) is 11.7 Å². The minimum atomic E-state index is 0.462. The number of piperidine rings is 1. The predicted octanol–water partition coefficient (Wildman–Crippen LogP) is 2.67. The van der Waals surface area contributed by atoms with Gasteiger partial charge in [0.15, 0.2) is 0 Å². The van der Waals surface area contributed by atoms with E-state index in [1.807, 2.05) is 18.2 Å². The second-order valence-electron chi connectivity index (χ2n) is 5.18. The summed E-state index contributed by atoms with van der Waals surface area (Å²) in [6, 6.07) is 8.47. The quantitative estimate of drug-likeness (QED) is 0.858. The molecule has 0 radical (unpaired) electrons. The molecule has 1 heterocycles. The van der Waals surface area contributed by atoms with Crippen LogP contribution in [0, 0.1) is 24.2 Å². The van der Waals surface area contributed by atoms with E-state index in [4.69, 9.17) is 5.26 Å². The highest BCUT2D eigenvalue weighted by Gasteiger charge is 2.19. The van der Waals surface area contributed by atoms with E-state index in [9.17, 15) is 0 Å². The standard InChI is InChI=1S/C15H21N3/c1-11-8-13(9-16)5-6-15(11)18-12(2)14-4-3-7-17-10-14/h5-6,8,12,14,17-18H,3-4,7,10H2,1-2H3. The molecular weight excluding hydrogens is 222 g/mol. The first-order valence-corrected chi connectivity index (χ1v) is 6.68. The van der Waals surface area contributed by atoms with Gasteiger partial charge >= 0.3 is 0 Å². The van der Waals surface area contributed by atoms with Crippen molar-refractivity contribution in [3.05, 3.63) is 29.3 Å². The number of aryl methyl sites for hydroxylation is 1. The van der Waals surface area contributed by atoms with Crippen LogP contribution in [0.1, 0.15) is 30.9 Å². The summed E-state index contributed by atoms with van der Waals surface area (Å²) >= 11 is 0. The third kappa shape index (κ3) is 3.02. The minimum absolute atomic E-state index is 0.462. The summed E-state index contributed by atoms with van der Waals surface area (Å²) in [4.78, 5) is 0. The van der Waals surface area contributed by atoms with Gasteiger partial charge in [-0.2, -0.15) is 5.26 Å². The zero-order valence-electron chi connectivity index (χ0n) is 11.2. The molecular formula is C15H21N3. The predicted molar refractivity (Wildman–Crippen MR) is 74.6 cm³/mol. The number of anilines is 1. The monoisotopic (exact) mass is 243 g/mol. The first-order valence-electron chi connectivity index (χ1n) is 6.68. The minimum Gasteiger partial charge on any atom is -0.382 e. The highest BCUT2D eigenvalue weighted by molar-refractivity contribution is 5.54. The Bertz CT molecular complexity index is 442. The van der Waals surface area contributed by atoms with E-state index < -0.39 is 0 Å². The molecule has 1 aliphatic heterocycles. The molecule has 0 aliphatic carbocycles. The molecule has 2 N–H and O–H groups in total. The summed E-state index contributed by atoms with van der Waals surface area (Å²) in [5, 5.41) is 15.9. The molecule has 1 aromatic carbocycles. The molecule has 0 amide bonds. The van der Waals surface area contributed by atoms with E-state index in [1.54, 1.807) is 0 Å². The molecule has 1 fully saturated rings. The van der Waals surface area contributed by atoms with Crippen LogP contribution in [0.2, 0.25) is 0 Å². The summed E-state index contributed by atoms with van der Waals surface area (Å²) in [5.41, 5.74) is 3.02. The molecule has 18 heavy (non-hydrogen) atoms. The topological polar surface area (TPSA) is 47.9 Å². The van der Waals surface area contributed by atoms with Crippen molar-refractivity contribution in [2.24, 2.45) is 5.92 Å². The molecule has 2 atom stereocenters. The molecule has 3 nitrogen and oxygen atoms in total. The third-order valence-electron chi connectivity index (χ3n) is 3.78. The van der Waals surface area contributed by atoms with Gasteiger partial charge in [0.1, 0.15) is 0 Å². The molecule has 0 bridgehead atoms. The van der Waals surface area contributed by atoms with Crippen LogP contribution >= 0.6 is 0 Å². The zero-order chi connectivity index (χ0) is 13.0. The largest absolute Gasteiger partial charge is 0.382 e. The lowest BCUT2D eigenvalue weighted by atomic mass is 9.92. The van der Waals surface area contributed by atoms with Gasteiger partial charge in [-0.1, -0.05) is 0 Å². The van der Waals surface area contributed by atoms with Crippen LogP contribution in [-0.2, 0) is 0 Å². The fraction of sp³-hybridized carbons (Fsp3) is 0.533. The summed E-state index contributed by atoms with van der Waals surface area (Å²) in [6.07, 6.45) is 2.56. The Morgan fingerprint density at radius 2 is 2.33 bits per heavy atom. The molecule has 3 heteroatoms. The van der Waals surface area contributed by atoms with Crippen LogP contribution in [0.3, 0.4) is 0 Å². The lowest BCUT2D eigenvalue weighted by Gasteiger charge is -2.30. The number of rotatable bonds is 3. The normalized spacial score (nSPS) is 21.1. The van der Waals surface area contributed by atoms with Gasteiger partial charge in [-0.3, -0.25) is 0 Å². The fourth-order valence-corrected chi connectivity index (χ4v) is 2.56. The lowest BCUT2D eigenvalue weighted by Crippen LogP contribution is -2.38. The average Bonchev–Trinajstić information content (AvgIpc) is 2.42. The highest BCUT2D eigenvalue weighted by Crippen LogP contribution is 2.21. The SMILES string of the molecule is Cc1cc(C#N)ccc1NC(C)C1CCCNC1. The van der Waals surface area contributed by atoms with E-state index in [1.165, 1.54) is 12.8 Å². The van der Waals surface area contributed by atoms with Crippen molar-refractivity contribution < 1.29 is 0 Å².